The lowest BCUT2D eigenvalue weighted by molar-refractivity contribution is 0.343. The summed E-state index contributed by atoms with van der Waals surface area (Å²) < 4.78 is 0. The van der Waals surface area contributed by atoms with Crippen LogP contribution in [0.2, 0.25) is 5.02 Å². The van der Waals surface area contributed by atoms with Crippen molar-refractivity contribution in [2.24, 2.45) is 10.7 Å². The van der Waals surface area contributed by atoms with Gasteiger partial charge in [0.2, 0.25) is 0 Å². The van der Waals surface area contributed by atoms with E-state index >= 15 is 0 Å². The Kier molecular flexibility index (Phi) is 3.68. The number of hydrogen-bond donors (Lipinski definition) is 1. The molecule has 2 heterocycles. The molecule has 0 spiro atoms. The van der Waals surface area contributed by atoms with Crippen LogP contribution in [-0.2, 0) is 6.54 Å². The van der Waals surface area contributed by atoms with Crippen molar-refractivity contribution in [1.82, 2.24) is 4.90 Å². The van der Waals surface area contributed by atoms with Crippen molar-refractivity contribution >= 4 is 28.9 Å². The largest absolute Gasteiger partial charge is 0.370 e. The maximum absolute atomic E-state index is 6.23. The molecule has 1 unspecified atom stereocenters. The molecule has 3 rings (SSSR count). The topological polar surface area (TPSA) is 41.6 Å². The van der Waals surface area contributed by atoms with Gasteiger partial charge in [0.1, 0.15) is 0 Å². The Hall–Kier alpha value is -1.52. The monoisotopic (exact) mass is 305 g/mol. The predicted octanol–water partition coefficient (Wildman–Crippen LogP) is 3.58. The summed E-state index contributed by atoms with van der Waals surface area (Å²) in [5.41, 5.74) is 8.30. The maximum atomic E-state index is 6.23. The lowest BCUT2D eigenvalue weighted by Crippen LogP contribution is -2.35. The highest BCUT2D eigenvalue weighted by molar-refractivity contribution is 7.09. The molecule has 0 amide bonds. The second-order valence-electron chi connectivity index (χ2n) is 4.93. The number of guanidine groups is 1. The van der Waals surface area contributed by atoms with E-state index in [1.807, 2.05) is 13.0 Å². The molecule has 0 saturated carbocycles. The van der Waals surface area contributed by atoms with E-state index in [9.17, 15) is 0 Å². The second kappa shape index (κ2) is 5.46. The van der Waals surface area contributed by atoms with Crippen LogP contribution in [0.1, 0.15) is 22.0 Å². The Morgan fingerprint density at radius 2 is 2.30 bits per heavy atom. The number of nitrogens with two attached hydrogens (primary N) is 1. The summed E-state index contributed by atoms with van der Waals surface area (Å²) in [6.45, 7) is 3.49. The van der Waals surface area contributed by atoms with E-state index in [1.54, 1.807) is 11.3 Å². The van der Waals surface area contributed by atoms with E-state index in [0.717, 1.165) is 17.1 Å². The molecule has 1 atom stereocenters. The van der Waals surface area contributed by atoms with Crippen LogP contribution in [-0.4, -0.2) is 17.4 Å². The molecule has 0 bridgehead atoms. The third kappa shape index (κ3) is 2.53. The fourth-order valence-electron chi connectivity index (χ4n) is 2.39. The lowest BCUT2D eigenvalue weighted by atomic mass is 10.0. The molecule has 1 aromatic heterocycles. The van der Waals surface area contributed by atoms with Crippen molar-refractivity contribution < 1.29 is 0 Å². The van der Waals surface area contributed by atoms with Gasteiger partial charge in [-0.05, 0) is 35.6 Å². The van der Waals surface area contributed by atoms with Gasteiger partial charge < -0.3 is 10.6 Å². The third-order valence-electron chi connectivity index (χ3n) is 3.58. The first-order chi connectivity index (χ1) is 9.65. The Balaban J connectivity index is 1.86. The number of hydrogen-bond acceptors (Lipinski definition) is 4. The van der Waals surface area contributed by atoms with E-state index in [0.29, 0.717) is 12.5 Å². The summed E-state index contributed by atoms with van der Waals surface area (Å²) in [5.74, 6) is 0.611. The Labute approximate surface area is 127 Å². The van der Waals surface area contributed by atoms with Gasteiger partial charge in [0, 0.05) is 9.90 Å². The van der Waals surface area contributed by atoms with E-state index in [2.05, 4.69) is 39.5 Å². The predicted molar refractivity (Wildman–Crippen MR) is 85.3 cm³/mol. The minimum absolute atomic E-state index is 0.176. The minimum Gasteiger partial charge on any atom is -0.370 e. The van der Waals surface area contributed by atoms with Gasteiger partial charge >= 0.3 is 0 Å². The van der Waals surface area contributed by atoms with Gasteiger partial charge in [-0.25, -0.2) is 0 Å². The van der Waals surface area contributed by atoms with Crippen molar-refractivity contribution in [2.75, 3.05) is 6.54 Å². The normalized spacial score (nSPS) is 18.4. The number of halogens is 1. The van der Waals surface area contributed by atoms with Gasteiger partial charge in [0.05, 0.1) is 19.1 Å². The molecule has 0 saturated heterocycles. The molecule has 0 fully saturated rings. The summed E-state index contributed by atoms with van der Waals surface area (Å²) in [4.78, 5) is 7.82. The van der Waals surface area contributed by atoms with Crippen LogP contribution in [0.3, 0.4) is 0 Å². The standard InChI is InChI=1S/C15H16ClN3S/c1-10-4-5-11(7-13(10)16)14-8-18-15(17)19(14)9-12-3-2-6-20-12/h2-7,14H,8-9H2,1H3,(H2,17,18). The molecule has 1 aliphatic rings. The zero-order chi connectivity index (χ0) is 14.1. The molecule has 2 aromatic rings. The lowest BCUT2D eigenvalue weighted by Gasteiger charge is -2.26. The summed E-state index contributed by atoms with van der Waals surface area (Å²) in [6, 6.07) is 10.5. The van der Waals surface area contributed by atoms with E-state index < -0.39 is 0 Å². The Morgan fingerprint density at radius 3 is 3.00 bits per heavy atom. The fraction of sp³-hybridized carbons (Fsp3) is 0.267. The van der Waals surface area contributed by atoms with Crippen LogP contribution in [0, 0.1) is 6.92 Å². The van der Waals surface area contributed by atoms with Crippen molar-refractivity contribution in [2.45, 2.75) is 19.5 Å². The van der Waals surface area contributed by atoms with E-state index in [-0.39, 0.29) is 6.04 Å². The van der Waals surface area contributed by atoms with Crippen molar-refractivity contribution in [3.8, 4) is 0 Å². The molecular formula is C15H16ClN3S. The SMILES string of the molecule is Cc1ccc(C2CN=C(N)N2Cc2cccs2)cc1Cl. The van der Waals surface area contributed by atoms with Gasteiger partial charge in [-0.15, -0.1) is 11.3 Å². The highest BCUT2D eigenvalue weighted by atomic mass is 35.5. The molecular weight excluding hydrogens is 290 g/mol. The van der Waals surface area contributed by atoms with Crippen LogP contribution in [0.5, 0.6) is 0 Å². The first-order valence-electron chi connectivity index (χ1n) is 6.50. The third-order valence-corrected chi connectivity index (χ3v) is 4.85. The number of benzene rings is 1. The van der Waals surface area contributed by atoms with Gasteiger partial charge in [0.25, 0.3) is 0 Å². The van der Waals surface area contributed by atoms with Crippen LogP contribution >= 0.6 is 22.9 Å². The molecule has 0 aliphatic carbocycles. The van der Waals surface area contributed by atoms with Gasteiger partial charge in [-0.2, -0.15) is 0 Å². The summed E-state index contributed by atoms with van der Waals surface area (Å²) in [6.07, 6.45) is 0. The second-order valence-corrected chi connectivity index (χ2v) is 6.37. The van der Waals surface area contributed by atoms with Crippen molar-refractivity contribution in [3.63, 3.8) is 0 Å². The fourth-order valence-corrected chi connectivity index (χ4v) is 3.28. The maximum Gasteiger partial charge on any atom is 0.192 e. The molecule has 5 heteroatoms. The molecule has 2 N–H and O–H groups in total. The first-order valence-corrected chi connectivity index (χ1v) is 7.76. The van der Waals surface area contributed by atoms with E-state index in [1.165, 1.54) is 10.4 Å². The molecule has 1 aromatic carbocycles. The highest BCUT2D eigenvalue weighted by Gasteiger charge is 2.27. The van der Waals surface area contributed by atoms with Gasteiger partial charge in [0.15, 0.2) is 5.96 Å². The summed E-state index contributed by atoms with van der Waals surface area (Å²) >= 11 is 7.97. The van der Waals surface area contributed by atoms with E-state index in [4.69, 9.17) is 17.3 Å². The molecule has 1 aliphatic heterocycles. The smallest absolute Gasteiger partial charge is 0.192 e. The first kappa shape index (κ1) is 13.5. The summed E-state index contributed by atoms with van der Waals surface area (Å²) in [5, 5.41) is 2.88. The molecule has 3 nitrogen and oxygen atoms in total. The highest BCUT2D eigenvalue weighted by Crippen LogP contribution is 2.30. The average molecular weight is 306 g/mol. The molecule has 104 valence electrons. The zero-order valence-corrected chi connectivity index (χ0v) is 12.8. The molecule has 20 heavy (non-hydrogen) atoms. The zero-order valence-electron chi connectivity index (χ0n) is 11.2. The number of rotatable bonds is 3. The Morgan fingerprint density at radius 1 is 1.45 bits per heavy atom. The van der Waals surface area contributed by atoms with Gasteiger partial charge in [-0.3, -0.25) is 4.99 Å². The number of aryl methyl sites for hydroxylation is 1. The van der Waals surface area contributed by atoms with Crippen LogP contribution in [0.15, 0.2) is 40.7 Å². The number of aliphatic imine (C=N–C) groups is 1. The van der Waals surface area contributed by atoms with Crippen LogP contribution in [0.25, 0.3) is 0 Å². The van der Waals surface area contributed by atoms with Gasteiger partial charge in [-0.1, -0.05) is 29.8 Å². The number of thiophene rings is 1. The quantitative estimate of drug-likeness (QED) is 0.941. The van der Waals surface area contributed by atoms with Crippen molar-refractivity contribution in [1.29, 1.82) is 0 Å². The summed E-state index contributed by atoms with van der Waals surface area (Å²) in [7, 11) is 0. The number of nitrogens with zero attached hydrogens (tertiary/aromatic N) is 2. The average Bonchev–Trinajstić information content (AvgIpc) is 3.05. The molecule has 0 radical (unpaired) electrons. The minimum atomic E-state index is 0.176. The van der Waals surface area contributed by atoms with Crippen molar-refractivity contribution in [3.05, 3.63) is 56.7 Å². The van der Waals surface area contributed by atoms with Crippen LogP contribution < -0.4 is 5.73 Å². The van der Waals surface area contributed by atoms with Crippen LogP contribution in [0.4, 0.5) is 0 Å². The Bertz CT molecular complexity index is 637.